The lowest BCUT2D eigenvalue weighted by atomic mass is 10.1. The molecule has 0 saturated carbocycles. The van der Waals surface area contributed by atoms with Gasteiger partial charge < -0.3 is 0 Å². The molecule has 0 fully saturated rings. The molecule has 0 bridgehead atoms. The van der Waals surface area contributed by atoms with Crippen LogP contribution in [0.1, 0.15) is 12.6 Å². The van der Waals surface area contributed by atoms with Crippen molar-refractivity contribution in [1.82, 2.24) is 9.97 Å². The number of hydrogen-bond donors (Lipinski definition) is 0. The molecular weight excluding hydrogens is 196 g/mol. The predicted molar refractivity (Wildman–Crippen MR) is 66.4 cm³/mol. The molecule has 2 heterocycles. The molecule has 0 amide bonds. The van der Waals surface area contributed by atoms with Crippen LogP contribution in [0.25, 0.3) is 21.8 Å². The number of nitrogens with zero attached hydrogens (tertiary/aromatic N) is 2. The molecule has 2 heteroatoms. The molecule has 2 aromatic heterocycles. The normalized spacial score (nSPS) is 11.1. The Morgan fingerprint density at radius 2 is 1.81 bits per heavy atom. The van der Waals surface area contributed by atoms with E-state index in [1.165, 1.54) is 5.39 Å². The first-order valence-electron chi connectivity index (χ1n) is 5.52. The zero-order valence-electron chi connectivity index (χ0n) is 9.14. The van der Waals surface area contributed by atoms with E-state index in [2.05, 4.69) is 29.0 Å². The van der Waals surface area contributed by atoms with Gasteiger partial charge in [-0.3, -0.25) is 9.97 Å². The second-order valence-electron chi connectivity index (χ2n) is 3.83. The standard InChI is InChI=1S/C14H12N2/c1-2-12-10-7-5-9-15-14(10)11-6-3-4-8-13(11)16-12/h3-9H,2H2,1H3. The topological polar surface area (TPSA) is 25.8 Å². The van der Waals surface area contributed by atoms with E-state index in [0.29, 0.717) is 0 Å². The molecule has 0 radical (unpaired) electrons. The molecule has 0 saturated heterocycles. The van der Waals surface area contributed by atoms with Crippen molar-refractivity contribution in [1.29, 1.82) is 0 Å². The third-order valence-corrected chi connectivity index (χ3v) is 2.87. The summed E-state index contributed by atoms with van der Waals surface area (Å²) in [5, 5.41) is 2.30. The summed E-state index contributed by atoms with van der Waals surface area (Å²) in [6.07, 6.45) is 2.78. The highest BCUT2D eigenvalue weighted by Crippen LogP contribution is 2.24. The number of para-hydroxylation sites is 1. The molecule has 78 valence electrons. The van der Waals surface area contributed by atoms with Gasteiger partial charge in [-0.1, -0.05) is 25.1 Å². The van der Waals surface area contributed by atoms with Crippen LogP contribution in [0.15, 0.2) is 42.6 Å². The molecule has 0 aliphatic rings. The lowest BCUT2D eigenvalue weighted by molar-refractivity contribution is 1.07. The summed E-state index contributed by atoms with van der Waals surface area (Å²) in [4.78, 5) is 9.16. The maximum Gasteiger partial charge on any atom is 0.0814 e. The van der Waals surface area contributed by atoms with Gasteiger partial charge in [-0.05, 0) is 24.6 Å². The van der Waals surface area contributed by atoms with Gasteiger partial charge in [0.05, 0.1) is 16.7 Å². The van der Waals surface area contributed by atoms with Gasteiger partial charge in [-0.15, -0.1) is 0 Å². The zero-order chi connectivity index (χ0) is 11.0. The summed E-state index contributed by atoms with van der Waals surface area (Å²) in [6, 6.07) is 12.2. The van der Waals surface area contributed by atoms with Crippen molar-refractivity contribution in [3.63, 3.8) is 0 Å². The number of aryl methyl sites for hydroxylation is 1. The molecule has 16 heavy (non-hydrogen) atoms. The first-order valence-corrected chi connectivity index (χ1v) is 5.52. The van der Waals surface area contributed by atoms with Crippen LogP contribution in [0, 0.1) is 0 Å². The fourth-order valence-electron chi connectivity index (χ4n) is 2.10. The van der Waals surface area contributed by atoms with Crippen molar-refractivity contribution in [2.45, 2.75) is 13.3 Å². The summed E-state index contributed by atoms with van der Waals surface area (Å²) < 4.78 is 0. The zero-order valence-corrected chi connectivity index (χ0v) is 9.14. The van der Waals surface area contributed by atoms with Gasteiger partial charge in [0.1, 0.15) is 0 Å². The van der Waals surface area contributed by atoms with E-state index in [-0.39, 0.29) is 0 Å². The van der Waals surface area contributed by atoms with Gasteiger partial charge in [0, 0.05) is 17.0 Å². The molecule has 0 atom stereocenters. The van der Waals surface area contributed by atoms with Gasteiger partial charge in [-0.2, -0.15) is 0 Å². The summed E-state index contributed by atoms with van der Waals surface area (Å²) in [5.41, 5.74) is 3.22. The Bertz CT molecular complexity index is 659. The predicted octanol–water partition coefficient (Wildman–Crippen LogP) is 3.35. The molecule has 1 aromatic carbocycles. The van der Waals surface area contributed by atoms with Crippen molar-refractivity contribution < 1.29 is 0 Å². The number of fused-ring (bicyclic) bond motifs is 3. The minimum atomic E-state index is 0.938. The molecule has 0 spiro atoms. The maximum absolute atomic E-state index is 4.68. The van der Waals surface area contributed by atoms with Gasteiger partial charge in [0.2, 0.25) is 0 Å². The molecule has 0 N–H and O–H groups in total. The van der Waals surface area contributed by atoms with Crippen LogP contribution in [0.5, 0.6) is 0 Å². The van der Waals surface area contributed by atoms with E-state index < -0.39 is 0 Å². The van der Waals surface area contributed by atoms with Crippen LogP contribution in [0.4, 0.5) is 0 Å². The fraction of sp³-hybridized carbons (Fsp3) is 0.143. The highest BCUT2D eigenvalue weighted by atomic mass is 14.7. The maximum atomic E-state index is 4.68. The highest BCUT2D eigenvalue weighted by molar-refractivity contribution is 6.03. The molecule has 3 aromatic rings. The number of hydrogen-bond acceptors (Lipinski definition) is 2. The smallest absolute Gasteiger partial charge is 0.0814 e. The Kier molecular flexibility index (Phi) is 2.07. The summed E-state index contributed by atoms with van der Waals surface area (Å²) >= 11 is 0. The minimum Gasteiger partial charge on any atom is -0.255 e. The largest absolute Gasteiger partial charge is 0.255 e. The monoisotopic (exact) mass is 208 g/mol. The van der Waals surface area contributed by atoms with Crippen molar-refractivity contribution in [3.8, 4) is 0 Å². The van der Waals surface area contributed by atoms with Crippen molar-refractivity contribution in [3.05, 3.63) is 48.3 Å². The van der Waals surface area contributed by atoms with E-state index in [4.69, 9.17) is 0 Å². The van der Waals surface area contributed by atoms with E-state index in [1.807, 2.05) is 30.5 Å². The van der Waals surface area contributed by atoms with E-state index in [1.54, 1.807) is 0 Å². The van der Waals surface area contributed by atoms with Crippen molar-refractivity contribution in [2.75, 3.05) is 0 Å². The fourth-order valence-corrected chi connectivity index (χ4v) is 2.10. The van der Waals surface area contributed by atoms with Crippen molar-refractivity contribution in [2.24, 2.45) is 0 Å². The first-order chi connectivity index (χ1) is 7.90. The number of pyridine rings is 2. The number of rotatable bonds is 1. The third kappa shape index (κ3) is 1.27. The number of benzene rings is 1. The lowest BCUT2D eigenvalue weighted by Crippen LogP contribution is -1.92. The Labute approximate surface area is 94.0 Å². The molecule has 0 aliphatic carbocycles. The quantitative estimate of drug-likeness (QED) is 0.573. The minimum absolute atomic E-state index is 0.938. The Hall–Kier alpha value is -1.96. The highest BCUT2D eigenvalue weighted by Gasteiger charge is 2.06. The molecule has 3 rings (SSSR count). The van der Waals surface area contributed by atoms with E-state index in [9.17, 15) is 0 Å². The first kappa shape index (κ1) is 9.28. The number of aromatic nitrogens is 2. The lowest BCUT2D eigenvalue weighted by Gasteiger charge is -2.06. The Balaban J connectivity index is 2.57. The van der Waals surface area contributed by atoms with Gasteiger partial charge >= 0.3 is 0 Å². The van der Waals surface area contributed by atoms with Crippen LogP contribution in [0.3, 0.4) is 0 Å². The third-order valence-electron chi connectivity index (χ3n) is 2.87. The molecule has 0 unspecified atom stereocenters. The van der Waals surface area contributed by atoms with Gasteiger partial charge in [0.15, 0.2) is 0 Å². The summed E-state index contributed by atoms with van der Waals surface area (Å²) in [6.45, 7) is 2.13. The van der Waals surface area contributed by atoms with Crippen LogP contribution in [-0.4, -0.2) is 9.97 Å². The molecule has 0 aliphatic heterocycles. The van der Waals surface area contributed by atoms with Crippen molar-refractivity contribution >= 4 is 21.8 Å². The van der Waals surface area contributed by atoms with Crippen LogP contribution in [0.2, 0.25) is 0 Å². The Morgan fingerprint density at radius 1 is 1.00 bits per heavy atom. The summed E-state index contributed by atoms with van der Waals surface area (Å²) in [5.74, 6) is 0. The second kappa shape index (κ2) is 3.56. The average molecular weight is 208 g/mol. The van der Waals surface area contributed by atoms with Gasteiger partial charge in [0.25, 0.3) is 0 Å². The van der Waals surface area contributed by atoms with E-state index >= 15 is 0 Å². The van der Waals surface area contributed by atoms with Gasteiger partial charge in [-0.25, -0.2) is 0 Å². The van der Waals surface area contributed by atoms with Crippen LogP contribution < -0.4 is 0 Å². The van der Waals surface area contributed by atoms with E-state index in [0.717, 1.165) is 28.5 Å². The van der Waals surface area contributed by atoms with Crippen LogP contribution >= 0.6 is 0 Å². The van der Waals surface area contributed by atoms with Crippen LogP contribution in [-0.2, 0) is 6.42 Å². The average Bonchev–Trinajstić information content (AvgIpc) is 2.38. The SMILES string of the molecule is CCc1nc2ccccc2c2ncccc12. The summed E-state index contributed by atoms with van der Waals surface area (Å²) in [7, 11) is 0. The second-order valence-corrected chi connectivity index (χ2v) is 3.83. The Morgan fingerprint density at radius 3 is 2.69 bits per heavy atom. The molecular formula is C14H12N2. The molecule has 2 nitrogen and oxygen atoms in total.